The fourth-order valence-corrected chi connectivity index (χ4v) is 5.54. The molecule has 37 heavy (non-hydrogen) atoms. The highest BCUT2D eigenvalue weighted by Gasteiger charge is 2.35. The quantitative estimate of drug-likeness (QED) is 0.441. The first-order valence-electron chi connectivity index (χ1n) is 12.4. The molecule has 184 valence electrons. The molecule has 3 heterocycles. The third-order valence-corrected chi connectivity index (χ3v) is 7.23. The van der Waals surface area contributed by atoms with E-state index < -0.39 is 0 Å². The van der Waals surface area contributed by atoms with Crippen molar-refractivity contribution in [1.29, 1.82) is 5.26 Å². The van der Waals surface area contributed by atoms with E-state index in [9.17, 15) is 10.1 Å². The van der Waals surface area contributed by atoms with Crippen molar-refractivity contribution >= 4 is 17.3 Å². The van der Waals surface area contributed by atoms with Gasteiger partial charge in [-0.15, -0.1) is 0 Å². The number of hydrogen-bond acceptors (Lipinski definition) is 7. The predicted molar refractivity (Wildman–Crippen MR) is 140 cm³/mol. The number of nitriles is 1. The number of amides is 1. The van der Waals surface area contributed by atoms with E-state index in [1.54, 1.807) is 6.92 Å². The van der Waals surface area contributed by atoms with E-state index in [0.717, 1.165) is 47.7 Å². The lowest BCUT2D eigenvalue weighted by molar-refractivity contribution is 0.102. The van der Waals surface area contributed by atoms with Crippen molar-refractivity contribution in [3.05, 3.63) is 94.8 Å². The molecule has 2 aliphatic heterocycles. The molecule has 2 unspecified atom stereocenters. The number of piperazine rings is 1. The molecule has 0 aliphatic carbocycles. The number of benzene rings is 3. The lowest BCUT2D eigenvalue weighted by Gasteiger charge is -2.45. The first kappa shape index (κ1) is 23.0. The van der Waals surface area contributed by atoms with Gasteiger partial charge in [-0.3, -0.25) is 9.69 Å². The van der Waals surface area contributed by atoms with Crippen LogP contribution < -0.4 is 10.2 Å². The van der Waals surface area contributed by atoms with Crippen LogP contribution in [0.25, 0.3) is 11.5 Å². The standard InChI is InChI=1S/C29H26N6O2/c1-18-17-34(27-22-7-3-4-8-23(22)28(36)32-25-10-6-5-9-24(25)27)13-14-35(18)26-12-11-20(15-21(26)16-30)29-31-19(2)33-37-29/h3-12,15,18,27H,13-14,17H2,1-2H3,(H,32,36). The number of nitrogens with one attached hydrogen (secondary N) is 1. The number of aryl methyl sites for hydroxylation is 1. The first-order chi connectivity index (χ1) is 18.0. The van der Waals surface area contributed by atoms with Crippen LogP contribution in [0.5, 0.6) is 0 Å². The Bertz CT molecular complexity index is 1540. The normalized spacial score (nSPS) is 19.4. The molecule has 8 nitrogen and oxygen atoms in total. The van der Waals surface area contributed by atoms with Crippen molar-refractivity contribution in [3.63, 3.8) is 0 Å². The fourth-order valence-electron chi connectivity index (χ4n) is 5.54. The molecule has 1 saturated heterocycles. The van der Waals surface area contributed by atoms with Crippen LogP contribution in [0.15, 0.2) is 71.3 Å². The molecular weight excluding hydrogens is 464 g/mol. The van der Waals surface area contributed by atoms with Gasteiger partial charge in [-0.25, -0.2) is 0 Å². The third kappa shape index (κ3) is 4.03. The Morgan fingerprint density at radius 3 is 2.59 bits per heavy atom. The summed E-state index contributed by atoms with van der Waals surface area (Å²) in [6.45, 7) is 6.25. The molecule has 0 radical (unpaired) electrons. The number of carbonyl (C=O) groups excluding carboxylic acids is 1. The van der Waals surface area contributed by atoms with Crippen LogP contribution in [0, 0.1) is 18.3 Å². The van der Waals surface area contributed by atoms with Crippen LogP contribution in [-0.2, 0) is 0 Å². The van der Waals surface area contributed by atoms with Crippen LogP contribution in [0.4, 0.5) is 11.4 Å². The summed E-state index contributed by atoms with van der Waals surface area (Å²) in [7, 11) is 0. The predicted octanol–water partition coefficient (Wildman–Crippen LogP) is 4.78. The van der Waals surface area contributed by atoms with Gasteiger partial charge in [0.25, 0.3) is 11.8 Å². The number of rotatable bonds is 3. The van der Waals surface area contributed by atoms with Gasteiger partial charge in [0.05, 0.1) is 17.3 Å². The number of carbonyl (C=O) groups is 1. The minimum Gasteiger partial charge on any atom is -0.365 e. The van der Waals surface area contributed by atoms with Crippen molar-refractivity contribution in [3.8, 4) is 17.5 Å². The van der Waals surface area contributed by atoms with Gasteiger partial charge in [0.1, 0.15) is 6.07 Å². The number of hydrogen-bond donors (Lipinski definition) is 1. The zero-order valence-electron chi connectivity index (χ0n) is 20.7. The van der Waals surface area contributed by atoms with Crippen LogP contribution in [0.2, 0.25) is 0 Å². The molecule has 3 aromatic carbocycles. The molecule has 4 aromatic rings. The van der Waals surface area contributed by atoms with Crippen LogP contribution >= 0.6 is 0 Å². The van der Waals surface area contributed by atoms with Gasteiger partial charge >= 0.3 is 0 Å². The lowest BCUT2D eigenvalue weighted by atomic mass is 9.92. The summed E-state index contributed by atoms with van der Waals surface area (Å²) in [6.07, 6.45) is 0. The molecular formula is C29H26N6O2. The Hall–Kier alpha value is -4.48. The summed E-state index contributed by atoms with van der Waals surface area (Å²) >= 11 is 0. The van der Waals surface area contributed by atoms with E-state index in [4.69, 9.17) is 4.52 Å². The smallest absolute Gasteiger partial charge is 0.257 e. The Kier molecular flexibility index (Phi) is 5.70. The highest BCUT2D eigenvalue weighted by molar-refractivity contribution is 6.07. The van der Waals surface area contributed by atoms with Crippen molar-refractivity contribution in [2.24, 2.45) is 0 Å². The molecule has 1 amide bonds. The van der Waals surface area contributed by atoms with Gasteiger partial charge in [-0.1, -0.05) is 41.6 Å². The van der Waals surface area contributed by atoms with Gasteiger partial charge in [-0.2, -0.15) is 10.2 Å². The first-order valence-corrected chi connectivity index (χ1v) is 12.4. The second-order valence-electron chi connectivity index (χ2n) is 9.56. The summed E-state index contributed by atoms with van der Waals surface area (Å²) in [5.74, 6) is 0.889. The molecule has 0 saturated carbocycles. The number of nitrogens with zero attached hydrogens (tertiary/aromatic N) is 5. The van der Waals surface area contributed by atoms with E-state index in [2.05, 4.69) is 50.4 Å². The van der Waals surface area contributed by atoms with Gasteiger partial charge < -0.3 is 14.7 Å². The minimum atomic E-state index is -0.0765. The van der Waals surface area contributed by atoms with Crippen molar-refractivity contribution in [1.82, 2.24) is 15.0 Å². The zero-order valence-corrected chi connectivity index (χ0v) is 20.7. The Morgan fingerprint density at radius 2 is 1.84 bits per heavy atom. The molecule has 1 N–H and O–H groups in total. The van der Waals surface area contributed by atoms with E-state index in [1.165, 1.54) is 0 Å². The van der Waals surface area contributed by atoms with Crippen LogP contribution in [0.1, 0.15) is 45.8 Å². The Labute approximate surface area is 215 Å². The number of anilines is 2. The van der Waals surface area contributed by atoms with E-state index in [-0.39, 0.29) is 18.0 Å². The molecule has 2 aliphatic rings. The van der Waals surface area contributed by atoms with Gasteiger partial charge in [0.2, 0.25) is 0 Å². The number of para-hydroxylation sites is 1. The van der Waals surface area contributed by atoms with Crippen LogP contribution in [-0.4, -0.2) is 46.6 Å². The lowest BCUT2D eigenvalue weighted by Crippen LogP contribution is -2.53. The summed E-state index contributed by atoms with van der Waals surface area (Å²) in [5, 5.41) is 16.9. The highest BCUT2D eigenvalue weighted by Crippen LogP contribution is 2.40. The van der Waals surface area contributed by atoms with Gasteiger partial charge in [0, 0.05) is 42.5 Å². The Balaban J connectivity index is 1.32. The molecule has 1 fully saturated rings. The SMILES string of the molecule is Cc1noc(-c2ccc(N3CCN(C4c5ccccc5NC(=O)c5ccccc54)CC3C)c(C#N)c2)n1. The third-order valence-electron chi connectivity index (χ3n) is 7.23. The molecule has 1 aromatic heterocycles. The zero-order chi connectivity index (χ0) is 25.5. The number of aromatic nitrogens is 2. The summed E-state index contributed by atoms with van der Waals surface area (Å²) < 4.78 is 5.29. The van der Waals surface area contributed by atoms with Gasteiger partial charge in [0.15, 0.2) is 5.82 Å². The maximum absolute atomic E-state index is 13.0. The summed E-state index contributed by atoms with van der Waals surface area (Å²) in [6, 6.07) is 24.1. The Morgan fingerprint density at radius 1 is 1.05 bits per heavy atom. The topological polar surface area (TPSA) is 98.3 Å². The van der Waals surface area contributed by atoms with Crippen molar-refractivity contribution < 1.29 is 9.32 Å². The maximum Gasteiger partial charge on any atom is 0.257 e. The average molecular weight is 491 g/mol. The molecule has 0 spiro atoms. The van der Waals surface area contributed by atoms with Crippen LogP contribution in [0.3, 0.4) is 0 Å². The van der Waals surface area contributed by atoms with E-state index >= 15 is 0 Å². The second kappa shape index (κ2) is 9.19. The molecule has 8 heteroatoms. The molecule has 2 atom stereocenters. The second-order valence-corrected chi connectivity index (χ2v) is 9.56. The highest BCUT2D eigenvalue weighted by atomic mass is 16.5. The van der Waals surface area contributed by atoms with Gasteiger partial charge in [-0.05, 0) is 55.3 Å². The largest absolute Gasteiger partial charge is 0.365 e. The van der Waals surface area contributed by atoms with E-state index in [0.29, 0.717) is 22.8 Å². The average Bonchev–Trinajstić information content (AvgIpc) is 3.31. The maximum atomic E-state index is 13.0. The monoisotopic (exact) mass is 490 g/mol. The van der Waals surface area contributed by atoms with E-state index in [1.807, 2.05) is 54.6 Å². The molecule has 0 bridgehead atoms. The fraction of sp³-hybridized carbons (Fsp3) is 0.241. The summed E-state index contributed by atoms with van der Waals surface area (Å²) in [4.78, 5) is 22.0. The minimum absolute atomic E-state index is 0.0467. The van der Waals surface area contributed by atoms with Crippen molar-refractivity contribution in [2.45, 2.75) is 25.9 Å². The molecule has 6 rings (SSSR count). The summed E-state index contributed by atoms with van der Waals surface area (Å²) in [5.41, 5.74) is 5.87. The van der Waals surface area contributed by atoms with Crippen molar-refractivity contribution in [2.75, 3.05) is 29.9 Å². The number of fused-ring (bicyclic) bond motifs is 2.